The van der Waals surface area contributed by atoms with E-state index in [1.165, 1.54) is 19.3 Å². The molecule has 1 spiro atoms. The fourth-order valence-corrected chi connectivity index (χ4v) is 1.89. The Labute approximate surface area is 60.7 Å². The molecule has 1 fully saturated rings. The molecule has 2 aliphatic rings. The van der Waals surface area contributed by atoms with Gasteiger partial charge in [0.25, 0.3) is 0 Å². The van der Waals surface area contributed by atoms with Crippen LogP contribution in [0.3, 0.4) is 0 Å². The predicted molar refractivity (Wildman–Crippen MR) is 39.2 cm³/mol. The molecule has 0 radical (unpaired) electrons. The molecule has 2 rings (SSSR count). The van der Waals surface area contributed by atoms with Gasteiger partial charge in [-0.05, 0) is 30.1 Å². The van der Waals surface area contributed by atoms with Gasteiger partial charge in [0.2, 0.25) is 0 Å². The molecule has 0 unspecified atom stereocenters. The van der Waals surface area contributed by atoms with Crippen molar-refractivity contribution in [2.24, 2.45) is 5.41 Å². The Kier molecular flexibility index (Phi) is 1.20. The van der Waals surface area contributed by atoms with Crippen molar-refractivity contribution in [1.29, 1.82) is 0 Å². The van der Waals surface area contributed by atoms with Crippen molar-refractivity contribution in [3.05, 3.63) is 11.5 Å². The van der Waals surface area contributed by atoms with Gasteiger partial charge < -0.3 is 10.0 Å². The predicted octanol–water partition coefficient (Wildman–Crippen LogP) is 0.499. The molecule has 1 saturated carbocycles. The first-order valence-electron chi connectivity index (χ1n) is 3.80. The van der Waals surface area contributed by atoms with E-state index in [1.807, 2.05) is 6.08 Å². The molecule has 10 heavy (non-hydrogen) atoms. The summed E-state index contributed by atoms with van der Waals surface area (Å²) in [7, 11) is -1.19. The maximum atomic E-state index is 8.71. The lowest BCUT2D eigenvalue weighted by molar-refractivity contribution is 0.174. The summed E-state index contributed by atoms with van der Waals surface area (Å²) in [6, 6.07) is 0. The first-order chi connectivity index (χ1) is 4.72. The number of allylic oxidation sites excluding steroid dienone is 2. The summed E-state index contributed by atoms with van der Waals surface area (Å²) >= 11 is 0. The lowest BCUT2D eigenvalue weighted by Crippen LogP contribution is -2.39. The van der Waals surface area contributed by atoms with Gasteiger partial charge in [-0.25, -0.2) is 0 Å². The zero-order chi connectivity index (χ0) is 7.19. The molecule has 2 nitrogen and oxygen atoms in total. The summed E-state index contributed by atoms with van der Waals surface area (Å²) in [5, 5.41) is 17.4. The maximum Gasteiger partial charge on any atom is 0.483 e. The molecule has 0 aromatic heterocycles. The van der Waals surface area contributed by atoms with Gasteiger partial charge in [0.15, 0.2) is 0 Å². The Morgan fingerprint density at radius 1 is 1.40 bits per heavy atom. The van der Waals surface area contributed by atoms with Gasteiger partial charge in [0.05, 0.1) is 0 Å². The highest BCUT2D eigenvalue weighted by Crippen LogP contribution is 2.53. The van der Waals surface area contributed by atoms with E-state index in [-0.39, 0.29) is 0 Å². The Morgan fingerprint density at radius 3 is 2.30 bits per heavy atom. The third kappa shape index (κ3) is 0.740. The second kappa shape index (κ2) is 1.86. The van der Waals surface area contributed by atoms with E-state index in [1.54, 1.807) is 0 Å². The van der Waals surface area contributed by atoms with Crippen LogP contribution in [0, 0.1) is 5.41 Å². The van der Waals surface area contributed by atoms with Crippen LogP contribution >= 0.6 is 0 Å². The molecule has 0 bridgehead atoms. The van der Waals surface area contributed by atoms with Crippen molar-refractivity contribution >= 4 is 7.12 Å². The Bertz CT molecular complexity index is 182. The third-order valence-electron chi connectivity index (χ3n) is 2.73. The monoisotopic (exact) mass is 138 g/mol. The second-order valence-electron chi connectivity index (χ2n) is 3.49. The van der Waals surface area contributed by atoms with Crippen LogP contribution in [-0.4, -0.2) is 17.2 Å². The van der Waals surface area contributed by atoms with Gasteiger partial charge >= 0.3 is 7.12 Å². The van der Waals surface area contributed by atoms with Gasteiger partial charge in [-0.15, -0.1) is 0 Å². The Morgan fingerprint density at radius 2 is 2.00 bits per heavy atom. The molecule has 0 amide bonds. The van der Waals surface area contributed by atoms with E-state index in [0.29, 0.717) is 5.41 Å². The standard InChI is InChI=1S/C7H11BO2/c9-8(10)6-4-7(5-6)2-1-3-7/h4,9-10H,1-3,5H2. The molecular formula is C7H11BO2. The van der Waals surface area contributed by atoms with Gasteiger partial charge in [-0.2, -0.15) is 0 Å². The molecular weight excluding hydrogens is 127 g/mol. The first-order valence-corrected chi connectivity index (χ1v) is 3.80. The number of rotatable bonds is 1. The van der Waals surface area contributed by atoms with Crippen molar-refractivity contribution in [2.75, 3.05) is 0 Å². The number of hydrogen-bond acceptors (Lipinski definition) is 2. The fourth-order valence-electron chi connectivity index (χ4n) is 1.89. The molecule has 2 aliphatic carbocycles. The first kappa shape index (κ1) is 6.44. The summed E-state index contributed by atoms with van der Waals surface area (Å²) in [6.07, 6.45) is 6.78. The van der Waals surface area contributed by atoms with Crippen LogP contribution in [-0.2, 0) is 0 Å². The van der Waals surface area contributed by atoms with E-state index >= 15 is 0 Å². The van der Waals surface area contributed by atoms with E-state index in [2.05, 4.69) is 0 Å². The molecule has 0 heterocycles. The lowest BCUT2D eigenvalue weighted by atomic mass is 9.51. The van der Waals surface area contributed by atoms with Crippen LogP contribution < -0.4 is 0 Å². The van der Waals surface area contributed by atoms with E-state index < -0.39 is 7.12 Å². The summed E-state index contributed by atoms with van der Waals surface area (Å²) in [5.74, 6) is 0. The quantitative estimate of drug-likeness (QED) is 0.518. The highest BCUT2D eigenvalue weighted by molar-refractivity contribution is 6.51. The summed E-state index contributed by atoms with van der Waals surface area (Å²) in [5.41, 5.74) is 1.23. The molecule has 0 aromatic rings. The van der Waals surface area contributed by atoms with E-state index in [4.69, 9.17) is 10.0 Å². The average Bonchev–Trinajstić information content (AvgIpc) is 1.54. The normalized spacial score (nSPS) is 26.8. The Balaban J connectivity index is 2.02. The van der Waals surface area contributed by atoms with Crippen LogP contribution in [0.25, 0.3) is 0 Å². The minimum atomic E-state index is -1.19. The van der Waals surface area contributed by atoms with Crippen LogP contribution in [0.2, 0.25) is 0 Å². The van der Waals surface area contributed by atoms with Crippen LogP contribution in [0.15, 0.2) is 11.5 Å². The smallest absolute Gasteiger partial charge is 0.423 e. The van der Waals surface area contributed by atoms with Gasteiger partial charge in [-0.1, -0.05) is 12.5 Å². The molecule has 0 aromatic carbocycles. The van der Waals surface area contributed by atoms with Crippen molar-refractivity contribution in [3.8, 4) is 0 Å². The highest BCUT2D eigenvalue weighted by Gasteiger charge is 2.44. The fraction of sp³-hybridized carbons (Fsp3) is 0.714. The van der Waals surface area contributed by atoms with Gasteiger partial charge in [0, 0.05) is 0 Å². The van der Waals surface area contributed by atoms with Crippen LogP contribution in [0.4, 0.5) is 0 Å². The van der Waals surface area contributed by atoms with Crippen molar-refractivity contribution in [2.45, 2.75) is 25.7 Å². The summed E-state index contributed by atoms with van der Waals surface area (Å²) < 4.78 is 0. The zero-order valence-electron chi connectivity index (χ0n) is 5.88. The molecule has 0 saturated heterocycles. The Hall–Kier alpha value is -0.275. The van der Waals surface area contributed by atoms with E-state index in [0.717, 1.165) is 11.9 Å². The van der Waals surface area contributed by atoms with Crippen molar-refractivity contribution < 1.29 is 10.0 Å². The molecule has 0 aliphatic heterocycles. The molecule has 2 N–H and O–H groups in total. The van der Waals surface area contributed by atoms with E-state index in [9.17, 15) is 0 Å². The second-order valence-corrected chi connectivity index (χ2v) is 3.49. The van der Waals surface area contributed by atoms with Gasteiger partial charge in [0.1, 0.15) is 0 Å². The third-order valence-corrected chi connectivity index (χ3v) is 2.73. The summed E-state index contributed by atoms with van der Waals surface area (Å²) in [6.45, 7) is 0. The minimum Gasteiger partial charge on any atom is -0.423 e. The van der Waals surface area contributed by atoms with Crippen molar-refractivity contribution in [3.63, 3.8) is 0 Å². The average molecular weight is 138 g/mol. The minimum absolute atomic E-state index is 0.416. The zero-order valence-corrected chi connectivity index (χ0v) is 5.88. The molecule has 3 heteroatoms. The maximum absolute atomic E-state index is 8.71. The lowest BCUT2D eigenvalue weighted by Gasteiger charge is -2.47. The topological polar surface area (TPSA) is 40.5 Å². The summed E-state index contributed by atoms with van der Waals surface area (Å²) in [4.78, 5) is 0. The molecule has 54 valence electrons. The highest BCUT2D eigenvalue weighted by atomic mass is 16.4. The largest absolute Gasteiger partial charge is 0.483 e. The van der Waals surface area contributed by atoms with Crippen LogP contribution in [0.1, 0.15) is 25.7 Å². The van der Waals surface area contributed by atoms with Crippen LogP contribution in [0.5, 0.6) is 0 Å². The SMILES string of the molecule is OB(O)C1=CC2(CCC2)C1. The number of hydrogen-bond donors (Lipinski definition) is 2. The van der Waals surface area contributed by atoms with Crippen molar-refractivity contribution in [1.82, 2.24) is 0 Å². The van der Waals surface area contributed by atoms with Gasteiger partial charge in [-0.3, -0.25) is 0 Å². The molecule has 0 atom stereocenters.